The van der Waals surface area contributed by atoms with Crippen LogP contribution in [0.25, 0.3) is 5.69 Å². The zero-order chi connectivity index (χ0) is 17.1. The van der Waals surface area contributed by atoms with Crippen LogP contribution in [0.5, 0.6) is 0 Å². The first-order chi connectivity index (χ1) is 12.3. The summed E-state index contributed by atoms with van der Waals surface area (Å²) in [7, 11) is 0. The number of anilines is 1. The van der Waals surface area contributed by atoms with Crippen molar-refractivity contribution < 1.29 is 4.79 Å². The van der Waals surface area contributed by atoms with Crippen LogP contribution in [0, 0.1) is 0 Å². The first kappa shape index (κ1) is 15.6. The number of hydrogen-bond donors (Lipinski definition) is 1. The highest BCUT2D eigenvalue weighted by atomic mass is 16.2. The summed E-state index contributed by atoms with van der Waals surface area (Å²) in [6, 6.07) is 17.2. The summed E-state index contributed by atoms with van der Waals surface area (Å²) in [6.07, 6.45) is 6.45. The molecule has 0 bridgehead atoms. The molecule has 5 heteroatoms. The molecule has 1 amide bonds. The maximum Gasteiger partial charge on any atom is 0.275 e. The smallest absolute Gasteiger partial charge is 0.275 e. The highest BCUT2D eigenvalue weighted by Crippen LogP contribution is 2.35. The van der Waals surface area contributed by atoms with Gasteiger partial charge in [0.25, 0.3) is 5.91 Å². The van der Waals surface area contributed by atoms with Crippen LogP contribution in [-0.2, 0) is 0 Å². The van der Waals surface area contributed by atoms with Crippen molar-refractivity contribution in [2.45, 2.75) is 31.6 Å². The molecular weight excluding hydrogens is 312 g/mol. The van der Waals surface area contributed by atoms with Gasteiger partial charge >= 0.3 is 0 Å². The van der Waals surface area contributed by atoms with E-state index in [1.54, 1.807) is 24.4 Å². The van der Waals surface area contributed by atoms with E-state index in [2.05, 4.69) is 10.3 Å². The number of pyridine rings is 1. The fraction of sp³-hybridized carbons (Fsp3) is 0.250. The van der Waals surface area contributed by atoms with Crippen molar-refractivity contribution in [2.75, 3.05) is 5.32 Å². The van der Waals surface area contributed by atoms with Gasteiger partial charge in [-0.25, -0.2) is 4.68 Å². The number of rotatable bonds is 4. The average Bonchev–Trinajstić information content (AvgIpc) is 3.33. The molecule has 0 aliphatic heterocycles. The number of aromatic nitrogens is 3. The Kier molecular flexibility index (Phi) is 4.29. The Morgan fingerprint density at radius 2 is 1.80 bits per heavy atom. The molecule has 3 aromatic rings. The Bertz CT molecular complexity index is 852. The fourth-order valence-electron chi connectivity index (χ4n) is 3.35. The molecule has 1 fully saturated rings. The second-order valence-electron chi connectivity index (χ2n) is 6.35. The molecule has 1 N–H and O–H groups in total. The summed E-state index contributed by atoms with van der Waals surface area (Å²) in [4.78, 5) is 16.6. The molecule has 5 nitrogen and oxygen atoms in total. The lowest BCUT2D eigenvalue weighted by molar-refractivity contribution is 0.102. The van der Waals surface area contributed by atoms with Crippen molar-refractivity contribution in [1.29, 1.82) is 0 Å². The second-order valence-corrected chi connectivity index (χ2v) is 6.35. The van der Waals surface area contributed by atoms with Crippen LogP contribution >= 0.6 is 0 Å². The lowest BCUT2D eigenvalue weighted by Crippen LogP contribution is -2.16. The third-order valence-corrected chi connectivity index (χ3v) is 4.64. The minimum atomic E-state index is -0.226. The van der Waals surface area contributed by atoms with Gasteiger partial charge in [0.2, 0.25) is 0 Å². The lowest BCUT2D eigenvalue weighted by Gasteiger charge is -2.08. The van der Waals surface area contributed by atoms with Gasteiger partial charge in [-0.2, -0.15) is 5.10 Å². The molecule has 4 rings (SSSR count). The summed E-state index contributed by atoms with van der Waals surface area (Å²) in [6.45, 7) is 0. The molecule has 0 saturated heterocycles. The van der Waals surface area contributed by atoms with E-state index in [-0.39, 0.29) is 5.91 Å². The molecule has 1 aliphatic carbocycles. The molecular formula is C20H20N4O. The summed E-state index contributed by atoms with van der Waals surface area (Å²) in [5.74, 6) is 0.940. The van der Waals surface area contributed by atoms with E-state index in [1.165, 1.54) is 25.7 Å². The standard InChI is InChI=1S/C20H20N4O/c25-20(17-12-6-7-13-21-17)22-19-14-18(15-8-4-5-9-15)23-24(19)16-10-2-1-3-11-16/h1-3,6-7,10-15H,4-5,8-9H2,(H,22,25). The van der Waals surface area contributed by atoms with Crippen LogP contribution < -0.4 is 5.32 Å². The third-order valence-electron chi connectivity index (χ3n) is 4.64. The number of amides is 1. The number of benzene rings is 1. The number of carbonyl (C=O) groups is 1. The predicted molar refractivity (Wildman–Crippen MR) is 97.0 cm³/mol. The SMILES string of the molecule is O=C(Nc1cc(C2CCCC2)nn1-c1ccccc1)c1ccccn1. The van der Waals surface area contributed by atoms with E-state index in [9.17, 15) is 4.79 Å². The number of nitrogens with zero attached hydrogens (tertiary/aromatic N) is 3. The minimum Gasteiger partial charge on any atom is -0.305 e. The molecule has 2 heterocycles. The minimum absolute atomic E-state index is 0.226. The van der Waals surface area contributed by atoms with Crippen molar-refractivity contribution in [3.8, 4) is 5.69 Å². The number of carbonyl (C=O) groups excluding carboxylic acids is 1. The van der Waals surface area contributed by atoms with Crippen molar-refractivity contribution in [1.82, 2.24) is 14.8 Å². The van der Waals surface area contributed by atoms with Gasteiger partial charge in [-0.15, -0.1) is 0 Å². The molecule has 0 atom stereocenters. The third kappa shape index (κ3) is 3.31. The van der Waals surface area contributed by atoms with Gasteiger partial charge in [-0.3, -0.25) is 9.78 Å². The van der Waals surface area contributed by atoms with Crippen molar-refractivity contribution in [3.05, 3.63) is 72.2 Å². The molecule has 126 valence electrons. The Morgan fingerprint density at radius 3 is 2.52 bits per heavy atom. The highest BCUT2D eigenvalue weighted by Gasteiger charge is 2.22. The van der Waals surface area contributed by atoms with Gasteiger partial charge in [0.05, 0.1) is 11.4 Å². The molecule has 0 radical (unpaired) electrons. The average molecular weight is 332 g/mol. The van der Waals surface area contributed by atoms with Crippen molar-refractivity contribution >= 4 is 11.7 Å². The van der Waals surface area contributed by atoms with Gasteiger partial charge in [0, 0.05) is 18.2 Å². The molecule has 2 aromatic heterocycles. The molecule has 0 unspecified atom stereocenters. The first-order valence-electron chi connectivity index (χ1n) is 8.69. The number of para-hydroxylation sites is 1. The Labute approximate surface area is 146 Å². The maximum atomic E-state index is 12.5. The second kappa shape index (κ2) is 6.89. The van der Waals surface area contributed by atoms with Crippen LogP contribution in [0.2, 0.25) is 0 Å². The van der Waals surface area contributed by atoms with E-state index in [1.807, 2.05) is 41.1 Å². The molecule has 1 aromatic carbocycles. The van der Waals surface area contributed by atoms with E-state index >= 15 is 0 Å². The van der Waals surface area contributed by atoms with Gasteiger partial charge in [0.15, 0.2) is 0 Å². The monoisotopic (exact) mass is 332 g/mol. The van der Waals surface area contributed by atoms with Crippen molar-refractivity contribution in [3.63, 3.8) is 0 Å². The van der Waals surface area contributed by atoms with E-state index < -0.39 is 0 Å². The van der Waals surface area contributed by atoms with E-state index in [4.69, 9.17) is 5.10 Å². The Hall–Kier alpha value is -2.95. The summed E-state index contributed by atoms with van der Waals surface area (Å²) in [5, 5.41) is 7.76. The van der Waals surface area contributed by atoms with Crippen LogP contribution in [0.1, 0.15) is 47.8 Å². The van der Waals surface area contributed by atoms with E-state index in [0.717, 1.165) is 11.4 Å². The molecule has 1 saturated carbocycles. The topological polar surface area (TPSA) is 59.8 Å². The summed E-state index contributed by atoms with van der Waals surface area (Å²) < 4.78 is 1.81. The number of hydrogen-bond acceptors (Lipinski definition) is 3. The highest BCUT2D eigenvalue weighted by molar-refractivity contribution is 6.02. The zero-order valence-corrected chi connectivity index (χ0v) is 13.9. The van der Waals surface area contributed by atoms with Crippen molar-refractivity contribution in [2.24, 2.45) is 0 Å². The van der Waals surface area contributed by atoms with Gasteiger partial charge in [-0.05, 0) is 37.1 Å². The van der Waals surface area contributed by atoms with Crippen LogP contribution in [0.4, 0.5) is 5.82 Å². The Morgan fingerprint density at radius 1 is 1.04 bits per heavy atom. The summed E-state index contributed by atoms with van der Waals surface area (Å²) in [5.41, 5.74) is 2.38. The number of nitrogens with one attached hydrogen (secondary N) is 1. The predicted octanol–water partition coefficient (Wildman–Crippen LogP) is 4.18. The quantitative estimate of drug-likeness (QED) is 0.780. The molecule has 0 spiro atoms. The summed E-state index contributed by atoms with van der Waals surface area (Å²) >= 11 is 0. The molecule has 1 aliphatic rings. The molecule has 25 heavy (non-hydrogen) atoms. The lowest BCUT2D eigenvalue weighted by atomic mass is 10.0. The van der Waals surface area contributed by atoms with Gasteiger partial charge < -0.3 is 5.32 Å². The van der Waals surface area contributed by atoms with Gasteiger partial charge in [-0.1, -0.05) is 37.1 Å². The van der Waals surface area contributed by atoms with Gasteiger partial charge in [0.1, 0.15) is 11.5 Å². The van der Waals surface area contributed by atoms with Crippen LogP contribution in [-0.4, -0.2) is 20.7 Å². The Balaban J connectivity index is 1.68. The van der Waals surface area contributed by atoms with Crippen LogP contribution in [0.15, 0.2) is 60.8 Å². The fourth-order valence-corrected chi connectivity index (χ4v) is 3.35. The van der Waals surface area contributed by atoms with E-state index in [0.29, 0.717) is 17.4 Å². The first-order valence-corrected chi connectivity index (χ1v) is 8.69. The van der Waals surface area contributed by atoms with Crippen LogP contribution in [0.3, 0.4) is 0 Å². The zero-order valence-electron chi connectivity index (χ0n) is 13.9. The normalized spacial score (nSPS) is 14.6. The maximum absolute atomic E-state index is 12.5. The largest absolute Gasteiger partial charge is 0.305 e.